The maximum Gasteiger partial charge on any atom is 0.272 e. The van der Waals surface area contributed by atoms with Crippen molar-refractivity contribution in [3.05, 3.63) is 63.6 Å². The minimum absolute atomic E-state index is 0.275. The first kappa shape index (κ1) is 17.3. The van der Waals surface area contributed by atoms with Gasteiger partial charge in [0.1, 0.15) is 5.75 Å². The Kier molecular flexibility index (Phi) is 6.44. The van der Waals surface area contributed by atoms with Gasteiger partial charge in [-0.1, -0.05) is 42.3 Å². The quantitative estimate of drug-likeness (QED) is 0.613. The molecule has 0 radical (unpaired) electrons. The number of ether oxygens (including phenoxy) is 1. The summed E-state index contributed by atoms with van der Waals surface area (Å²) in [6, 6.07) is 12.1. The van der Waals surface area contributed by atoms with Crippen LogP contribution in [0, 0.1) is 0 Å². The van der Waals surface area contributed by atoms with E-state index < -0.39 is 5.91 Å². The molecular formula is C17H16Cl2N2O2. The third kappa shape index (κ3) is 4.98. The number of amides is 1. The summed E-state index contributed by atoms with van der Waals surface area (Å²) >= 11 is 11.8. The SMILES string of the molecule is CCCOc1ccccc1/C=N/NC(=O)c1ccc(Cl)cc1Cl. The van der Waals surface area contributed by atoms with E-state index in [0.29, 0.717) is 17.2 Å². The first-order chi connectivity index (χ1) is 11.1. The molecule has 2 aromatic carbocycles. The first-order valence-electron chi connectivity index (χ1n) is 7.12. The number of carbonyl (C=O) groups is 1. The molecule has 0 saturated heterocycles. The molecule has 0 aliphatic carbocycles. The molecule has 0 spiro atoms. The van der Waals surface area contributed by atoms with Crippen LogP contribution in [-0.4, -0.2) is 18.7 Å². The topological polar surface area (TPSA) is 50.7 Å². The molecule has 120 valence electrons. The Bertz CT molecular complexity index is 717. The molecule has 0 heterocycles. The summed E-state index contributed by atoms with van der Waals surface area (Å²) in [5.41, 5.74) is 3.53. The maximum absolute atomic E-state index is 12.0. The molecule has 0 atom stereocenters. The fourth-order valence-corrected chi connectivity index (χ4v) is 2.32. The number of rotatable bonds is 6. The van der Waals surface area contributed by atoms with Crippen LogP contribution in [0.25, 0.3) is 0 Å². The average Bonchev–Trinajstić information content (AvgIpc) is 2.53. The van der Waals surface area contributed by atoms with Gasteiger partial charge in [-0.3, -0.25) is 4.79 Å². The van der Waals surface area contributed by atoms with Gasteiger partial charge in [-0.25, -0.2) is 5.43 Å². The summed E-state index contributed by atoms with van der Waals surface area (Å²) in [5, 5.41) is 4.70. The number of para-hydroxylation sites is 1. The van der Waals surface area contributed by atoms with Crippen LogP contribution < -0.4 is 10.2 Å². The van der Waals surface area contributed by atoms with Gasteiger partial charge in [0.25, 0.3) is 5.91 Å². The van der Waals surface area contributed by atoms with Gasteiger partial charge in [0.2, 0.25) is 0 Å². The molecule has 0 bridgehead atoms. The molecule has 2 rings (SSSR count). The number of nitrogens with one attached hydrogen (secondary N) is 1. The second-order valence-electron chi connectivity index (χ2n) is 4.71. The lowest BCUT2D eigenvalue weighted by atomic mass is 10.2. The predicted molar refractivity (Wildman–Crippen MR) is 93.8 cm³/mol. The number of nitrogens with zero attached hydrogens (tertiary/aromatic N) is 1. The molecule has 0 unspecified atom stereocenters. The molecule has 6 heteroatoms. The molecule has 1 N–H and O–H groups in total. The summed E-state index contributed by atoms with van der Waals surface area (Å²) in [7, 11) is 0. The Morgan fingerprint density at radius 3 is 2.78 bits per heavy atom. The van der Waals surface area contributed by atoms with Crippen molar-refractivity contribution in [2.24, 2.45) is 5.10 Å². The lowest BCUT2D eigenvalue weighted by Crippen LogP contribution is -2.18. The van der Waals surface area contributed by atoms with Crippen LogP contribution >= 0.6 is 23.2 Å². The maximum atomic E-state index is 12.0. The standard InChI is InChI=1S/C17H16Cl2N2O2/c1-2-9-23-16-6-4-3-5-12(16)11-20-21-17(22)14-8-7-13(18)10-15(14)19/h3-8,10-11H,2,9H2,1H3,(H,21,22)/b20-11+. The van der Waals surface area contributed by atoms with E-state index in [1.807, 2.05) is 31.2 Å². The molecular weight excluding hydrogens is 335 g/mol. The number of hydrogen-bond acceptors (Lipinski definition) is 3. The highest BCUT2D eigenvalue weighted by atomic mass is 35.5. The minimum Gasteiger partial charge on any atom is -0.493 e. The third-order valence-electron chi connectivity index (χ3n) is 2.93. The minimum atomic E-state index is -0.408. The van der Waals surface area contributed by atoms with Gasteiger partial charge >= 0.3 is 0 Å². The molecule has 23 heavy (non-hydrogen) atoms. The number of hydrogen-bond donors (Lipinski definition) is 1. The van der Waals surface area contributed by atoms with E-state index in [0.717, 1.165) is 17.7 Å². The van der Waals surface area contributed by atoms with E-state index in [4.69, 9.17) is 27.9 Å². The highest BCUT2D eigenvalue weighted by molar-refractivity contribution is 6.36. The van der Waals surface area contributed by atoms with Crippen LogP contribution in [0.3, 0.4) is 0 Å². The second kappa shape index (κ2) is 8.56. The van der Waals surface area contributed by atoms with Crippen LogP contribution in [0.2, 0.25) is 10.0 Å². The van der Waals surface area contributed by atoms with Gasteiger partial charge in [0.05, 0.1) is 23.4 Å². The molecule has 2 aromatic rings. The van der Waals surface area contributed by atoms with E-state index in [1.54, 1.807) is 12.1 Å². The van der Waals surface area contributed by atoms with Crippen molar-refractivity contribution >= 4 is 35.3 Å². The smallest absolute Gasteiger partial charge is 0.272 e. The molecule has 1 amide bonds. The van der Waals surface area contributed by atoms with Crippen molar-refractivity contribution in [2.45, 2.75) is 13.3 Å². The lowest BCUT2D eigenvalue weighted by Gasteiger charge is -2.07. The molecule has 4 nitrogen and oxygen atoms in total. The summed E-state index contributed by atoms with van der Waals surface area (Å²) in [5.74, 6) is 0.312. The summed E-state index contributed by atoms with van der Waals surface area (Å²) < 4.78 is 5.62. The fraction of sp³-hybridized carbons (Fsp3) is 0.176. The summed E-state index contributed by atoms with van der Waals surface area (Å²) in [6.45, 7) is 2.66. The van der Waals surface area contributed by atoms with Gasteiger partial charge in [-0.2, -0.15) is 5.10 Å². The van der Waals surface area contributed by atoms with Crippen molar-refractivity contribution < 1.29 is 9.53 Å². The predicted octanol–water partition coefficient (Wildman–Crippen LogP) is 4.55. The van der Waals surface area contributed by atoms with Crippen LogP contribution in [0.4, 0.5) is 0 Å². The van der Waals surface area contributed by atoms with Crippen LogP contribution in [0.5, 0.6) is 5.75 Å². The van der Waals surface area contributed by atoms with Gasteiger partial charge in [-0.05, 0) is 36.8 Å². The third-order valence-corrected chi connectivity index (χ3v) is 3.47. The molecule has 0 saturated carbocycles. The van der Waals surface area contributed by atoms with Crippen LogP contribution in [0.1, 0.15) is 29.3 Å². The highest BCUT2D eigenvalue weighted by Crippen LogP contribution is 2.21. The molecule has 0 aliphatic rings. The van der Waals surface area contributed by atoms with Crippen molar-refractivity contribution in [1.82, 2.24) is 5.43 Å². The Labute approximate surface area is 145 Å². The van der Waals surface area contributed by atoms with Gasteiger partial charge in [0.15, 0.2) is 0 Å². The van der Waals surface area contributed by atoms with E-state index in [2.05, 4.69) is 10.5 Å². The second-order valence-corrected chi connectivity index (χ2v) is 5.55. The zero-order valence-electron chi connectivity index (χ0n) is 12.6. The Morgan fingerprint density at radius 2 is 2.04 bits per heavy atom. The van der Waals surface area contributed by atoms with Gasteiger partial charge < -0.3 is 4.74 Å². The van der Waals surface area contributed by atoms with Crippen molar-refractivity contribution in [1.29, 1.82) is 0 Å². The van der Waals surface area contributed by atoms with E-state index in [9.17, 15) is 4.79 Å². The molecule has 0 fully saturated rings. The average molecular weight is 351 g/mol. The first-order valence-corrected chi connectivity index (χ1v) is 7.87. The van der Waals surface area contributed by atoms with Gasteiger partial charge in [0, 0.05) is 10.6 Å². The number of hydrazone groups is 1. The van der Waals surface area contributed by atoms with E-state index >= 15 is 0 Å². The number of benzene rings is 2. The zero-order chi connectivity index (χ0) is 16.7. The Hall–Kier alpha value is -2.04. The highest BCUT2D eigenvalue weighted by Gasteiger charge is 2.09. The fourth-order valence-electron chi connectivity index (χ4n) is 1.82. The van der Waals surface area contributed by atoms with E-state index in [-0.39, 0.29) is 5.02 Å². The lowest BCUT2D eigenvalue weighted by molar-refractivity contribution is 0.0955. The van der Waals surface area contributed by atoms with Crippen LogP contribution in [-0.2, 0) is 0 Å². The monoisotopic (exact) mass is 350 g/mol. The summed E-state index contributed by atoms with van der Waals surface area (Å²) in [4.78, 5) is 12.0. The van der Waals surface area contributed by atoms with Gasteiger partial charge in [-0.15, -0.1) is 0 Å². The Balaban J connectivity index is 2.05. The van der Waals surface area contributed by atoms with E-state index in [1.165, 1.54) is 12.3 Å². The molecule has 0 aliphatic heterocycles. The largest absolute Gasteiger partial charge is 0.493 e. The normalized spacial score (nSPS) is 10.7. The zero-order valence-corrected chi connectivity index (χ0v) is 14.1. The number of halogens is 2. The Morgan fingerprint density at radius 1 is 1.26 bits per heavy atom. The van der Waals surface area contributed by atoms with Crippen molar-refractivity contribution in [3.8, 4) is 5.75 Å². The number of carbonyl (C=O) groups excluding carboxylic acids is 1. The molecule has 0 aromatic heterocycles. The van der Waals surface area contributed by atoms with Crippen molar-refractivity contribution in [3.63, 3.8) is 0 Å². The summed E-state index contributed by atoms with van der Waals surface area (Å²) in [6.07, 6.45) is 2.45. The van der Waals surface area contributed by atoms with Crippen molar-refractivity contribution in [2.75, 3.05) is 6.61 Å². The van der Waals surface area contributed by atoms with Crippen LogP contribution in [0.15, 0.2) is 47.6 Å².